The number of ether oxygens (including phenoxy) is 1. The van der Waals surface area contributed by atoms with E-state index in [2.05, 4.69) is 10.4 Å². The summed E-state index contributed by atoms with van der Waals surface area (Å²) in [5, 5.41) is 7.19. The maximum absolute atomic E-state index is 13.5. The van der Waals surface area contributed by atoms with E-state index in [1.54, 1.807) is 42.6 Å². The Labute approximate surface area is 184 Å². The average molecular weight is 433 g/mol. The van der Waals surface area contributed by atoms with Crippen LogP contribution in [-0.2, 0) is 13.2 Å². The van der Waals surface area contributed by atoms with Gasteiger partial charge in [-0.25, -0.2) is 8.78 Å². The van der Waals surface area contributed by atoms with Gasteiger partial charge in [0.15, 0.2) is 0 Å². The summed E-state index contributed by atoms with van der Waals surface area (Å²) >= 11 is 0. The molecular formula is C25H21F2N3O2. The lowest BCUT2D eigenvalue weighted by Crippen LogP contribution is -2.12. The van der Waals surface area contributed by atoms with Crippen LogP contribution in [0.25, 0.3) is 0 Å². The molecule has 1 heterocycles. The molecule has 0 unspecified atom stereocenters. The Hall–Kier alpha value is -4.00. The minimum atomic E-state index is -0.395. The number of hydrogen-bond donors (Lipinski definition) is 1. The van der Waals surface area contributed by atoms with Crippen molar-refractivity contribution in [2.75, 3.05) is 5.32 Å². The quantitative estimate of drug-likeness (QED) is 0.428. The van der Waals surface area contributed by atoms with E-state index in [0.717, 1.165) is 5.56 Å². The molecule has 0 aliphatic carbocycles. The topological polar surface area (TPSA) is 56.2 Å². The number of rotatable bonds is 7. The van der Waals surface area contributed by atoms with E-state index >= 15 is 0 Å². The fraction of sp³-hybridized carbons (Fsp3) is 0.120. The second-order valence-electron chi connectivity index (χ2n) is 7.41. The van der Waals surface area contributed by atoms with Crippen molar-refractivity contribution in [3.8, 4) is 5.88 Å². The first-order valence-corrected chi connectivity index (χ1v) is 10.0. The van der Waals surface area contributed by atoms with E-state index in [1.165, 1.54) is 28.9 Å². The van der Waals surface area contributed by atoms with Crippen molar-refractivity contribution in [1.82, 2.24) is 9.78 Å². The zero-order chi connectivity index (χ0) is 22.5. The molecule has 1 N–H and O–H groups in total. The first kappa shape index (κ1) is 21.2. The number of nitrogens with zero attached hydrogens (tertiary/aromatic N) is 2. The fourth-order valence-electron chi connectivity index (χ4n) is 3.18. The highest BCUT2D eigenvalue weighted by Gasteiger charge is 2.19. The third-order valence-electron chi connectivity index (χ3n) is 4.78. The van der Waals surface area contributed by atoms with E-state index in [0.29, 0.717) is 16.8 Å². The highest BCUT2D eigenvalue weighted by Crippen LogP contribution is 2.21. The smallest absolute Gasteiger partial charge is 0.262 e. The normalized spacial score (nSPS) is 10.7. The molecule has 1 amide bonds. The van der Waals surface area contributed by atoms with Crippen LogP contribution in [0.3, 0.4) is 0 Å². The van der Waals surface area contributed by atoms with Crippen molar-refractivity contribution in [3.05, 3.63) is 113 Å². The highest BCUT2D eigenvalue weighted by molar-refractivity contribution is 6.05. The minimum Gasteiger partial charge on any atom is -0.471 e. The predicted octanol–water partition coefficient (Wildman–Crippen LogP) is 5.35. The SMILES string of the molecule is Cc1ccc(NC(=O)c2cn(Cc3cccc(F)c3)nc2OCc2cccc(F)c2)cc1. The predicted molar refractivity (Wildman–Crippen MR) is 118 cm³/mol. The number of aryl methyl sites for hydroxylation is 1. The summed E-state index contributed by atoms with van der Waals surface area (Å²) in [4.78, 5) is 12.9. The molecule has 162 valence electrons. The van der Waals surface area contributed by atoms with Crippen LogP contribution >= 0.6 is 0 Å². The molecule has 0 saturated heterocycles. The van der Waals surface area contributed by atoms with E-state index in [9.17, 15) is 13.6 Å². The third-order valence-corrected chi connectivity index (χ3v) is 4.78. The Morgan fingerprint density at radius 1 is 0.969 bits per heavy atom. The molecule has 0 spiro atoms. The fourth-order valence-corrected chi connectivity index (χ4v) is 3.18. The number of hydrogen-bond acceptors (Lipinski definition) is 3. The van der Waals surface area contributed by atoms with Gasteiger partial charge in [0.1, 0.15) is 23.8 Å². The summed E-state index contributed by atoms with van der Waals surface area (Å²) in [5.74, 6) is -1.02. The van der Waals surface area contributed by atoms with Gasteiger partial charge in [-0.1, -0.05) is 42.0 Å². The lowest BCUT2D eigenvalue weighted by Gasteiger charge is -2.07. The standard InChI is InChI=1S/C25H21F2N3O2/c1-17-8-10-22(11-9-17)28-24(31)23-15-30(14-18-4-2-6-20(26)12-18)29-25(23)32-16-19-5-3-7-21(27)13-19/h2-13,15H,14,16H2,1H3,(H,28,31). The molecule has 4 aromatic rings. The molecule has 5 nitrogen and oxygen atoms in total. The van der Waals surface area contributed by atoms with Crippen molar-refractivity contribution in [1.29, 1.82) is 0 Å². The lowest BCUT2D eigenvalue weighted by molar-refractivity contribution is 0.102. The monoisotopic (exact) mass is 433 g/mol. The van der Waals surface area contributed by atoms with E-state index in [-0.39, 0.29) is 36.2 Å². The molecule has 1 aromatic heterocycles. The molecule has 0 saturated carbocycles. The van der Waals surface area contributed by atoms with Crippen molar-refractivity contribution in [2.45, 2.75) is 20.1 Å². The van der Waals surface area contributed by atoms with Gasteiger partial charge in [-0.3, -0.25) is 9.48 Å². The van der Waals surface area contributed by atoms with Gasteiger partial charge in [0.2, 0.25) is 5.88 Å². The summed E-state index contributed by atoms with van der Waals surface area (Å²) in [6.45, 7) is 2.26. The van der Waals surface area contributed by atoms with E-state index < -0.39 is 5.91 Å². The van der Waals surface area contributed by atoms with Gasteiger partial charge in [0.05, 0.1) is 6.54 Å². The van der Waals surface area contributed by atoms with Crippen LogP contribution in [0, 0.1) is 18.6 Å². The zero-order valence-electron chi connectivity index (χ0n) is 17.4. The number of carbonyl (C=O) groups excluding carboxylic acids is 1. The average Bonchev–Trinajstić information content (AvgIpc) is 3.17. The van der Waals surface area contributed by atoms with Crippen molar-refractivity contribution < 1.29 is 18.3 Å². The number of amides is 1. The summed E-state index contributed by atoms with van der Waals surface area (Å²) in [7, 11) is 0. The number of aromatic nitrogens is 2. The minimum absolute atomic E-state index is 0.0412. The molecule has 32 heavy (non-hydrogen) atoms. The largest absolute Gasteiger partial charge is 0.471 e. The molecule has 7 heteroatoms. The van der Waals surface area contributed by atoms with E-state index in [4.69, 9.17) is 4.74 Å². The Balaban J connectivity index is 1.58. The van der Waals surface area contributed by atoms with Crippen molar-refractivity contribution in [3.63, 3.8) is 0 Å². The molecular weight excluding hydrogens is 412 g/mol. The van der Waals surface area contributed by atoms with Gasteiger partial charge in [-0.05, 0) is 54.4 Å². The maximum Gasteiger partial charge on any atom is 0.262 e. The molecule has 0 radical (unpaired) electrons. The van der Waals surface area contributed by atoms with Gasteiger partial charge in [-0.2, -0.15) is 0 Å². The summed E-state index contributed by atoms with van der Waals surface area (Å²) < 4.78 is 34.3. The van der Waals surface area contributed by atoms with Gasteiger partial charge >= 0.3 is 0 Å². The van der Waals surface area contributed by atoms with Crippen LogP contribution in [0.15, 0.2) is 79.0 Å². The third kappa shape index (κ3) is 5.37. The van der Waals surface area contributed by atoms with Gasteiger partial charge in [0.25, 0.3) is 5.91 Å². The Kier molecular flexibility index (Phi) is 6.26. The van der Waals surface area contributed by atoms with Crippen LogP contribution in [0.4, 0.5) is 14.5 Å². The molecule has 0 aliphatic rings. The van der Waals surface area contributed by atoms with Crippen LogP contribution < -0.4 is 10.1 Å². The number of nitrogens with one attached hydrogen (secondary N) is 1. The van der Waals surface area contributed by atoms with Crippen molar-refractivity contribution in [2.24, 2.45) is 0 Å². The summed E-state index contributed by atoms with van der Waals surface area (Å²) in [6, 6.07) is 19.5. The Morgan fingerprint density at radius 2 is 1.62 bits per heavy atom. The number of carbonyl (C=O) groups is 1. The second kappa shape index (κ2) is 9.43. The Morgan fingerprint density at radius 3 is 2.31 bits per heavy atom. The highest BCUT2D eigenvalue weighted by atomic mass is 19.1. The van der Waals surface area contributed by atoms with Crippen molar-refractivity contribution >= 4 is 11.6 Å². The lowest BCUT2D eigenvalue weighted by atomic mass is 10.2. The first-order chi connectivity index (χ1) is 15.5. The van der Waals surface area contributed by atoms with Gasteiger partial charge in [0, 0.05) is 11.9 Å². The molecule has 3 aromatic carbocycles. The summed E-state index contributed by atoms with van der Waals surface area (Å²) in [6.07, 6.45) is 1.55. The van der Waals surface area contributed by atoms with Crippen LogP contribution in [0.2, 0.25) is 0 Å². The summed E-state index contributed by atoms with van der Waals surface area (Å²) in [5.41, 5.74) is 3.22. The van der Waals surface area contributed by atoms with Gasteiger partial charge in [-0.15, -0.1) is 5.10 Å². The zero-order valence-corrected chi connectivity index (χ0v) is 17.4. The number of benzene rings is 3. The Bertz CT molecular complexity index is 1240. The maximum atomic E-state index is 13.5. The first-order valence-electron chi connectivity index (χ1n) is 10.0. The number of anilines is 1. The number of halogens is 2. The molecule has 4 rings (SSSR count). The van der Waals surface area contributed by atoms with E-state index in [1.807, 2.05) is 19.1 Å². The van der Waals surface area contributed by atoms with Crippen LogP contribution in [0.5, 0.6) is 5.88 Å². The second-order valence-corrected chi connectivity index (χ2v) is 7.41. The molecule has 0 fully saturated rings. The molecule has 0 aliphatic heterocycles. The molecule has 0 bridgehead atoms. The van der Waals surface area contributed by atoms with Crippen LogP contribution in [0.1, 0.15) is 27.0 Å². The van der Waals surface area contributed by atoms with Gasteiger partial charge < -0.3 is 10.1 Å². The molecule has 0 atom stereocenters. The van der Waals surface area contributed by atoms with Crippen LogP contribution in [-0.4, -0.2) is 15.7 Å².